The van der Waals surface area contributed by atoms with Gasteiger partial charge in [0.05, 0.1) is 5.69 Å². The average Bonchev–Trinajstić information content (AvgIpc) is 2.31. The number of halogens is 1. The molecule has 2 rings (SSSR count). The molecule has 2 aromatic rings. The number of benzene rings is 2. The van der Waals surface area contributed by atoms with Crippen LogP contribution in [0.2, 0.25) is 0 Å². The minimum atomic E-state index is 0.516. The number of hydrogen-bond acceptors (Lipinski definition) is 1. The summed E-state index contributed by atoms with van der Waals surface area (Å²) in [5.41, 5.74) is 1.80. The molecule has 0 heterocycles. The Kier molecular flexibility index (Phi) is 3.15. The lowest BCUT2D eigenvalue weighted by molar-refractivity contribution is 1.52. The van der Waals surface area contributed by atoms with E-state index in [0.29, 0.717) is 5.17 Å². The van der Waals surface area contributed by atoms with Crippen LogP contribution in [0.1, 0.15) is 5.56 Å². The van der Waals surface area contributed by atoms with Crippen molar-refractivity contribution in [1.82, 2.24) is 0 Å². The number of hydrogen-bond donors (Lipinski definition) is 0. The van der Waals surface area contributed by atoms with E-state index in [1.165, 1.54) is 0 Å². The summed E-state index contributed by atoms with van der Waals surface area (Å²) < 4.78 is 0. The van der Waals surface area contributed by atoms with Crippen molar-refractivity contribution in [3.05, 3.63) is 66.2 Å². The quantitative estimate of drug-likeness (QED) is 0.672. The molecule has 0 N–H and O–H groups in total. The van der Waals surface area contributed by atoms with Crippen LogP contribution in [-0.4, -0.2) is 5.17 Å². The van der Waals surface area contributed by atoms with Gasteiger partial charge in [0.2, 0.25) is 0 Å². The molecule has 15 heavy (non-hydrogen) atoms. The maximum atomic E-state index is 6.09. The van der Waals surface area contributed by atoms with Crippen molar-refractivity contribution in [1.29, 1.82) is 0 Å². The van der Waals surface area contributed by atoms with Crippen molar-refractivity contribution in [3.63, 3.8) is 0 Å². The molecule has 1 nitrogen and oxygen atoms in total. The number of aliphatic imine (C=N–C) groups is 1. The van der Waals surface area contributed by atoms with Crippen LogP contribution in [0.5, 0.6) is 0 Å². The minimum Gasteiger partial charge on any atom is -0.236 e. The average molecular weight is 216 g/mol. The largest absolute Gasteiger partial charge is 0.236 e. The third-order valence-electron chi connectivity index (χ3n) is 2.00. The molecule has 0 aliphatic rings. The second-order valence-corrected chi connectivity index (χ2v) is 3.46. The van der Waals surface area contributed by atoms with E-state index in [2.05, 4.69) is 4.99 Å². The molecule has 0 radical (unpaired) electrons. The predicted octanol–water partition coefficient (Wildman–Crippen LogP) is 4.00. The van der Waals surface area contributed by atoms with Gasteiger partial charge >= 0.3 is 0 Å². The Balaban J connectivity index is 2.29. The lowest BCUT2D eigenvalue weighted by Crippen LogP contribution is -1.88. The summed E-state index contributed by atoms with van der Waals surface area (Å²) in [6.07, 6.45) is 0. The number of nitrogens with zero attached hydrogens (tertiary/aromatic N) is 1. The summed E-state index contributed by atoms with van der Waals surface area (Å²) in [6.45, 7) is 0. The highest BCUT2D eigenvalue weighted by Crippen LogP contribution is 2.14. The van der Waals surface area contributed by atoms with Gasteiger partial charge in [0.15, 0.2) is 0 Å². The second kappa shape index (κ2) is 4.76. The number of para-hydroxylation sites is 1. The first-order valence-corrected chi connectivity index (χ1v) is 5.09. The van der Waals surface area contributed by atoms with E-state index in [4.69, 9.17) is 11.6 Å². The Morgan fingerprint density at radius 3 is 1.93 bits per heavy atom. The van der Waals surface area contributed by atoms with Crippen molar-refractivity contribution < 1.29 is 0 Å². The monoisotopic (exact) mass is 215 g/mol. The van der Waals surface area contributed by atoms with Crippen LogP contribution in [0.3, 0.4) is 0 Å². The summed E-state index contributed by atoms with van der Waals surface area (Å²) in [4.78, 5) is 4.31. The Morgan fingerprint density at radius 1 is 0.800 bits per heavy atom. The molecule has 0 aromatic heterocycles. The van der Waals surface area contributed by atoms with Crippen molar-refractivity contribution in [2.75, 3.05) is 0 Å². The van der Waals surface area contributed by atoms with Crippen molar-refractivity contribution in [3.8, 4) is 0 Å². The van der Waals surface area contributed by atoms with Gasteiger partial charge in [0.1, 0.15) is 5.17 Å². The van der Waals surface area contributed by atoms with E-state index >= 15 is 0 Å². The molecule has 0 fully saturated rings. The zero-order chi connectivity index (χ0) is 10.5. The van der Waals surface area contributed by atoms with Crippen molar-refractivity contribution in [2.45, 2.75) is 0 Å². The molecule has 0 saturated heterocycles. The maximum Gasteiger partial charge on any atom is 0.136 e. The number of rotatable bonds is 2. The molecule has 0 saturated carbocycles. The van der Waals surface area contributed by atoms with Gasteiger partial charge in [0, 0.05) is 5.56 Å². The van der Waals surface area contributed by atoms with Gasteiger partial charge in [-0.3, -0.25) is 0 Å². The topological polar surface area (TPSA) is 12.4 Å². The normalized spacial score (nSPS) is 11.4. The fourth-order valence-electron chi connectivity index (χ4n) is 1.26. The molecular formula is C13H10ClN. The SMILES string of the molecule is ClC(=Nc1ccccc1)c1ccccc1. The van der Waals surface area contributed by atoms with E-state index in [-0.39, 0.29) is 0 Å². The van der Waals surface area contributed by atoms with Gasteiger partial charge in [-0.25, -0.2) is 4.99 Å². The van der Waals surface area contributed by atoms with Gasteiger partial charge in [-0.15, -0.1) is 0 Å². The third-order valence-corrected chi connectivity index (χ3v) is 2.30. The Hall–Kier alpha value is -1.60. The molecule has 0 aliphatic heterocycles. The zero-order valence-electron chi connectivity index (χ0n) is 8.10. The second-order valence-electron chi connectivity index (χ2n) is 3.10. The molecule has 0 spiro atoms. The van der Waals surface area contributed by atoms with E-state index < -0.39 is 0 Å². The van der Waals surface area contributed by atoms with E-state index in [9.17, 15) is 0 Å². The first kappa shape index (κ1) is 9.94. The highest BCUT2D eigenvalue weighted by Gasteiger charge is 1.97. The molecule has 0 aliphatic carbocycles. The highest BCUT2D eigenvalue weighted by molar-refractivity contribution is 6.69. The van der Waals surface area contributed by atoms with E-state index in [0.717, 1.165) is 11.3 Å². The molecule has 2 aromatic carbocycles. The van der Waals surface area contributed by atoms with Gasteiger partial charge in [-0.1, -0.05) is 60.1 Å². The molecule has 74 valence electrons. The minimum absolute atomic E-state index is 0.516. The summed E-state index contributed by atoms with van der Waals surface area (Å²) in [5, 5.41) is 0.516. The van der Waals surface area contributed by atoms with Crippen LogP contribution in [-0.2, 0) is 0 Å². The Morgan fingerprint density at radius 2 is 1.33 bits per heavy atom. The molecular weight excluding hydrogens is 206 g/mol. The molecule has 0 bridgehead atoms. The lowest BCUT2D eigenvalue weighted by Gasteiger charge is -1.98. The Bertz CT molecular complexity index is 448. The van der Waals surface area contributed by atoms with Crippen LogP contribution >= 0.6 is 11.6 Å². The highest BCUT2D eigenvalue weighted by atomic mass is 35.5. The molecule has 0 atom stereocenters. The van der Waals surface area contributed by atoms with E-state index in [1.54, 1.807) is 0 Å². The first-order chi connectivity index (χ1) is 7.36. The van der Waals surface area contributed by atoms with Crippen LogP contribution in [0.25, 0.3) is 0 Å². The van der Waals surface area contributed by atoms with Crippen molar-refractivity contribution >= 4 is 22.5 Å². The van der Waals surface area contributed by atoms with Gasteiger partial charge in [-0.05, 0) is 12.1 Å². The van der Waals surface area contributed by atoms with Crippen LogP contribution in [0.4, 0.5) is 5.69 Å². The standard InChI is InChI=1S/C13H10ClN/c14-13(11-7-3-1-4-8-11)15-12-9-5-2-6-10-12/h1-10H. The molecule has 2 heteroatoms. The van der Waals surface area contributed by atoms with Gasteiger partial charge in [0.25, 0.3) is 0 Å². The van der Waals surface area contributed by atoms with Crippen molar-refractivity contribution in [2.24, 2.45) is 4.99 Å². The van der Waals surface area contributed by atoms with Crippen LogP contribution in [0.15, 0.2) is 65.7 Å². The molecule has 0 unspecified atom stereocenters. The summed E-state index contributed by atoms with van der Waals surface area (Å²) in [7, 11) is 0. The predicted molar refractivity (Wildman–Crippen MR) is 64.9 cm³/mol. The van der Waals surface area contributed by atoms with Gasteiger partial charge in [-0.2, -0.15) is 0 Å². The maximum absolute atomic E-state index is 6.09. The fourth-order valence-corrected chi connectivity index (χ4v) is 1.48. The third kappa shape index (κ3) is 2.67. The summed E-state index contributed by atoms with van der Waals surface area (Å²) >= 11 is 6.09. The molecule has 0 amide bonds. The van der Waals surface area contributed by atoms with Gasteiger partial charge < -0.3 is 0 Å². The smallest absolute Gasteiger partial charge is 0.136 e. The Labute approximate surface area is 94.1 Å². The van der Waals surface area contributed by atoms with Crippen LogP contribution < -0.4 is 0 Å². The summed E-state index contributed by atoms with van der Waals surface area (Å²) in [5.74, 6) is 0. The van der Waals surface area contributed by atoms with Crippen LogP contribution in [0, 0.1) is 0 Å². The fraction of sp³-hybridized carbons (Fsp3) is 0. The first-order valence-electron chi connectivity index (χ1n) is 4.71. The van der Waals surface area contributed by atoms with E-state index in [1.807, 2.05) is 60.7 Å². The lowest BCUT2D eigenvalue weighted by atomic mass is 10.2. The zero-order valence-corrected chi connectivity index (χ0v) is 8.85. The summed E-state index contributed by atoms with van der Waals surface area (Å²) in [6, 6.07) is 19.4.